The van der Waals surface area contributed by atoms with Gasteiger partial charge < -0.3 is 5.32 Å². The quantitative estimate of drug-likeness (QED) is 0.614. The summed E-state index contributed by atoms with van der Waals surface area (Å²) in [6.45, 7) is 3.08. The molecule has 1 N–H and O–H groups in total. The number of rotatable bonds is 3. The van der Waals surface area contributed by atoms with Crippen LogP contribution in [0.5, 0.6) is 0 Å². The maximum Gasteiger partial charge on any atom is 0.133 e. The SMILES string of the molecule is Cc1cccc(-n2nc(Cc3ccc(Cl)cc3Cl)c3c2NCCCC3)c1. The Morgan fingerprint density at radius 3 is 2.81 bits per heavy atom. The van der Waals surface area contributed by atoms with E-state index in [0.717, 1.165) is 35.7 Å². The third kappa shape index (κ3) is 3.46. The zero-order valence-corrected chi connectivity index (χ0v) is 16.2. The number of benzene rings is 2. The summed E-state index contributed by atoms with van der Waals surface area (Å²) in [7, 11) is 0. The summed E-state index contributed by atoms with van der Waals surface area (Å²) in [6.07, 6.45) is 4.08. The van der Waals surface area contributed by atoms with Crippen LogP contribution in [0.2, 0.25) is 10.0 Å². The molecule has 2 heterocycles. The van der Waals surface area contributed by atoms with Crippen molar-refractivity contribution in [1.29, 1.82) is 0 Å². The molecular weight excluding hydrogens is 365 g/mol. The van der Waals surface area contributed by atoms with E-state index in [1.807, 2.05) is 16.8 Å². The van der Waals surface area contributed by atoms with Crippen LogP contribution in [0.4, 0.5) is 5.82 Å². The third-order valence-corrected chi connectivity index (χ3v) is 5.42. The van der Waals surface area contributed by atoms with E-state index < -0.39 is 0 Å². The first-order valence-electron chi connectivity index (χ1n) is 8.97. The Hall–Kier alpha value is -1.97. The molecule has 1 aromatic heterocycles. The molecule has 0 saturated heterocycles. The van der Waals surface area contributed by atoms with Gasteiger partial charge in [-0.15, -0.1) is 0 Å². The van der Waals surface area contributed by atoms with Gasteiger partial charge in [0, 0.05) is 28.6 Å². The number of fused-ring (bicyclic) bond motifs is 1. The van der Waals surface area contributed by atoms with E-state index in [1.165, 1.54) is 24.0 Å². The van der Waals surface area contributed by atoms with Crippen LogP contribution in [-0.4, -0.2) is 16.3 Å². The van der Waals surface area contributed by atoms with Crippen molar-refractivity contribution >= 4 is 29.0 Å². The maximum absolute atomic E-state index is 6.40. The Labute approximate surface area is 163 Å². The molecule has 1 aliphatic heterocycles. The topological polar surface area (TPSA) is 29.9 Å². The smallest absolute Gasteiger partial charge is 0.133 e. The summed E-state index contributed by atoms with van der Waals surface area (Å²) in [5.41, 5.74) is 5.75. The molecule has 0 aliphatic carbocycles. The third-order valence-electron chi connectivity index (χ3n) is 4.83. The fourth-order valence-corrected chi connectivity index (χ4v) is 3.98. The molecule has 2 aromatic carbocycles. The molecule has 3 nitrogen and oxygen atoms in total. The van der Waals surface area contributed by atoms with E-state index >= 15 is 0 Å². The monoisotopic (exact) mass is 385 g/mol. The van der Waals surface area contributed by atoms with Crippen LogP contribution in [0.15, 0.2) is 42.5 Å². The van der Waals surface area contributed by atoms with Gasteiger partial charge >= 0.3 is 0 Å². The van der Waals surface area contributed by atoms with Crippen molar-refractivity contribution < 1.29 is 0 Å². The highest BCUT2D eigenvalue weighted by molar-refractivity contribution is 6.35. The minimum absolute atomic E-state index is 0.657. The molecule has 0 amide bonds. The van der Waals surface area contributed by atoms with Crippen LogP contribution in [0, 0.1) is 6.92 Å². The van der Waals surface area contributed by atoms with Crippen molar-refractivity contribution in [2.24, 2.45) is 0 Å². The van der Waals surface area contributed by atoms with Gasteiger partial charge in [-0.1, -0.05) is 41.4 Å². The van der Waals surface area contributed by atoms with E-state index in [9.17, 15) is 0 Å². The van der Waals surface area contributed by atoms with Gasteiger partial charge in [-0.3, -0.25) is 0 Å². The molecule has 134 valence electrons. The molecular formula is C21H21Cl2N3. The fourth-order valence-electron chi connectivity index (χ4n) is 3.51. The van der Waals surface area contributed by atoms with Crippen LogP contribution >= 0.6 is 23.2 Å². The largest absolute Gasteiger partial charge is 0.370 e. The van der Waals surface area contributed by atoms with Crippen LogP contribution in [0.25, 0.3) is 5.69 Å². The molecule has 3 aromatic rings. The lowest BCUT2D eigenvalue weighted by Gasteiger charge is -2.09. The number of hydrogen-bond donors (Lipinski definition) is 1. The van der Waals surface area contributed by atoms with Gasteiger partial charge in [0.2, 0.25) is 0 Å². The summed E-state index contributed by atoms with van der Waals surface area (Å²) in [6, 6.07) is 14.1. The van der Waals surface area contributed by atoms with Gasteiger partial charge in [0.05, 0.1) is 11.4 Å². The normalized spacial score (nSPS) is 13.8. The number of aromatic nitrogens is 2. The molecule has 0 unspecified atom stereocenters. The molecule has 26 heavy (non-hydrogen) atoms. The number of nitrogens with one attached hydrogen (secondary N) is 1. The van der Waals surface area contributed by atoms with Crippen molar-refractivity contribution in [1.82, 2.24) is 9.78 Å². The van der Waals surface area contributed by atoms with E-state index in [1.54, 1.807) is 6.07 Å². The second-order valence-corrected chi connectivity index (χ2v) is 7.66. The predicted octanol–water partition coefficient (Wildman–Crippen LogP) is 5.83. The van der Waals surface area contributed by atoms with Gasteiger partial charge in [-0.05, 0) is 61.6 Å². The summed E-state index contributed by atoms with van der Waals surface area (Å²) < 4.78 is 2.05. The lowest BCUT2D eigenvalue weighted by atomic mass is 10.0. The summed E-state index contributed by atoms with van der Waals surface area (Å²) in [4.78, 5) is 0. The summed E-state index contributed by atoms with van der Waals surface area (Å²) in [5.74, 6) is 1.12. The van der Waals surface area contributed by atoms with Crippen molar-refractivity contribution in [2.75, 3.05) is 11.9 Å². The van der Waals surface area contributed by atoms with Crippen LogP contribution < -0.4 is 5.32 Å². The second-order valence-electron chi connectivity index (χ2n) is 6.82. The Morgan fingerprint density at radius 1 is 1.12 bits per heavy atom. The van der Waals surface area contributed by atoms with Crippen molar-refractivity contribution in [3.8, 4) is 5.69 Å². The van der Waals surface area contributed by atoms with Gasteiger partial charge in [-0.2, -0.15) is 5.10 Å². The first-order chi connectivity index (χ1) is 12.6. The van der Waals surface area contributed by atoms with Gasteiger partial charge in [0.25, 0.3) is 0 Å². The average Bonchev–Trinajstić information content (AvgIpc) is 2.79. The minimum atomic E-state index is 0.657. The number of nitrogens with zero attached hydrogens (tertiary/aromatic N) is 2. The lowest BCUT2D eigenvalue weighted by molar-refractivity contribution is 0.767. The highest BCUT2D eigenvalue weighted by atomic mass is 35.5. The number of aryl methyl sites for hydroxylation is 1. The number of halogens is 2. The second kappa shape index (κ2) is 7.34. The molecule has 0 atom stereocenters. The minimum Gasteiger partial charge on any atom is -0.370 e. The van der Waals surface area contributed by atoms with Crippen LogP contribution in [0.1, 0.15) is 35.2 Å². The molecule has 0 saturated carbocycles. The maximum atomic E-state index is 6.40. The first kappa shape index (κ1) is 17.4. The zero-order chi connectivity index (χ0) is 18.1. The van der Waals surface area contributed by atoms with E-state index in [0.29, 0.717) is 16.5 Å². The molecule has 0 fully saturated rings. The summed E-state index contributed by atoms with van der Waals surface area (Å²) >= 11 is 12.4. The molecule has 1 aliphatic rings. The van der Waals surface area contributed by atoms with Gasteiger partial charge in [0.1, 0.15) is 5.82 Å². The van der Waals surface area contributed by atoms with Crippen LogP contribution in [-0.2, 0) is 12.8 Å². The Morgan fingerprint density at radius 2 is 2.00 bits per heavy atom. The zero-order valence-electron chi connectivity index (χ0n) is 14.7. The fraction of sp³-hybridized carbons (Fsp3) is 0.286. The van der Waals surface area contributed by atoms with Gasteiger partial charge in [-0.25, -0.2) is 4.68 Å². The van der Waals surface area contributed by atoms with E-state index in [-0.39, 0.29) is 0 Å². The molecule has 5 heteroatoms. The van der Waals surface area contributed by atoms with Crippen molar-refractivity contribution in [3.05, 3.63) is 74.9 Å². The molecule has 0 bridgehead atoms. The van der Waals surface area contributed by atoms with Crippen LogP contribution in [0.3, 0.4) is 0 Å². The first-order valence-corrected chi connectivity index (χ1v) is 9.73. The average molecular weight is 386 g/mol. The lowest BCUT2D eigenvalue weighted by Crippen LogP contribution is -2.07. The highest BCUT2D eigenvalue weighted by Crippen LogP contribution is 2.31. The molecule has 4 rings (SSSR count). The Balaban J connectivity index is 1.79. The molecule has 0 radical (unpaired) electrons. The number of hydrogen-bond acceptors (Lipinski definition) is 2. The van der Waals surface area contributed by atoms with E-state index in [4.69, 9.17) is 28.3 Å². The van der Waals surface area contributed by atoms with Crippen molar-refractivity contribution in [2.45, 2.75) is 32.6 Å². The van der Waals surface area contributed by atoms with Gasteiger partial charge in [0.15, 0.2) is 0 Å². The number of anilines is 1. The van der Waals surface area contributed by atoms with Crippen molar-refractivity contribution in [3.63, 3.8) is 0 Å². The summed E-state index contributed by atoms with van der Waals surface area (Å²) in [5, 5.41) is 9.90. The van der Waals surface area contributed by atoms with E-state index in [2.05, 4.69) is 36.5 Å². The standard InChI is InChI=1S/C21H21Cl2N3/c1-14-5-4-6-17(11-14)26-21-18(7-2-3-10-24-21)20(25-26)12-15-8-9-16(22)13-19(15)23/h4-6,8-9,11,13,24H,2-3,7,10,12H2,1H3. The Bertz CT molecular complexity index is 946. The Kier molecular flexibility index (Phi) is 4.92. The molecule has 0 spiro atoms. The highest BCUT2D eigenvalue weighted by Gasteiger charge is 2.21. The predicted molar refractivity (Wildman–Crippen MR) is 109 cm³/mol.